The summed E-state index contributed by atoms with van der Waals surface area (Å²) < 4.78 is 4.82. The Bertz CT molecular complexity index is 323. The second-order valence-electron chi connectivity index (χ2n) is 3.35. The van der Waals surface area contributed by atoms with Crippen LogP contribution in [0, 0.1) is 6.92 Å². The third-order valence-electron chi connectivity index (χ3n) is 1.98. The zero-order valence-electron chi connectivity index (χ0n) is 9.25. The summed E-state index contributed by atoms with van der Waals surface area (Å²) in [6.45, 7) is 4.91. The van der Waals surface area contributed by atoms with Crippen molar-refractivity contribution in [1.82, 2.24) is 0 Å². The first-order valence-corrected chi connectivity index (χ1v) is 5.18. The van der Waals surface area contributed by atoms with Crippen molar-refractivity contribution in [2.24, 2.45) is 0 Å². The van der Waals surface area contributed by atoms with Gasteiger partial charge in [-0.25, -0.2) is 0 Å². The summed E-state index contributed by atoms with van der Waals surface area (Å²) >= 11 is 0. The van der Waals surface area contributed by atoms with E-state index in [9.17, 15) is 4.79 Å². The van der Waals surface area contributed by atoms with Crippen LogP contribution in [0.25, 0.3) is 0 Å². The van der Waals surface area contributed by atoms with Crippen molar-refractivity contribution in [3.63, 3.8) is 0 Å². The molecule has 1 aromatic rings. The Morgan fingerprint density at radius 1 is 1.47 bits per heavy atom. The Labute approximate surface area is 90.4 Å². The van der Waals surface area contributed by atoms with E-state index >= 15 is 0 Å². The van der Waals surface area contributed by atoms with Crippen LogP contribution in [0.15, 0.2) is 24.3 Å². The molecule has 0 heterocycles. The van der Waals surface area contributed by atoms with Crippen LogP contribution in [0.4, 0.5) is 5.69 Å². The van der Waals surface area contributed by atoms with Gasteiger partial charge in [-0.05, 0) is 31.5 Å². The molecule has 0 unspecified atom stereocenters. The number of hydrogen-bond acceptors (Lipinski definition) is 3. The highest BCUT2D eigenvalue weighted by Crippen LogP contribution is 2.09. The number of ether oxygens (including phenoxy) is 1. The molecule has 3 heteroatoms. The highest BCUT2D eigenvalue weighted by molar-refractivity contribution is 5.70. The summed E-state index contributed by atoms with van der Waals surface area (Å²) in [5, 5.41) is 3.17. The SMILES string of the molecule is CCOC(=O)CCNc1cccc(C)c1. The smallest absolute Gasteiger partial charge is 0.307 e. The van der Waals surface area contributed by atoms with Crippen molar-refractivity contribution >= 4 is 11.7 Å². The molecule has 0 aliphatic carbocycles. The van der Waals surface area contributed by atoms with E-state index in [-0.39, 0.29) is 5.97 Å². The molecule has 0 fully saturated rings. The highest BCUT2D eigenvalue weighted by Gasteiger charge is 2.00. The molecule has 3 nitrogen and oxygen atoms in total. The Balaban J connectivity index is 2.28. The maximum atomic E-state index is 11.0. The molecule has 0 spiro atoms. The van der Waals surface area contributed by atoms with Gasteiger partial charge in [0.1, 0.15) is 0 Å². The molecule has 1 N–H and O–H groups in total. The lowest BCUT2D eigenvalue weighted by atomic mass is 10.2. The van der Waals surface area contributed by atoms with Gasteiger partial charge < -0.3 is 10.1 Å². The molecule has 0 aromatic heterocycles. The lowest BCUT2D eigenvalue weighted by Gasteiger charge is -2.06. The summed E-state index contributed by atoms with van der Waals surface area (Å²) in [5.74, 6) is -0.155. The number of nitrogens with one attached hydrogen (secondary N) is 1. The Kier molecular flexibility index (Phi) is 4.68. The van der Waals surface area contributed by atoms with E-state index in [2.05, 4.69) is 5.32 Å². The number of anilines is 1. The van der Waals surface area contributed by atoms with Gasteiger partial charge in [0, 0.05) is 12.2 Å². The first kappa shape index (κ1) is 11.6. The van der Waals surface area contributed by atoms with Gasteiger partial charge >= 0.3 is 5.97 Å². The maximum Gasteiger partial charge on any atom is 0.307 e. The van der Waals surface area contributed by atoms with Crippen LogP contribution in [-0.4, -0.2) is 19.1 Å². The van der Waals surface area contributed by atoms with Crippen molar-refractivity contribution in [2.45, 2.75) is 20.3 Å². The number of rotatable bonds is 5. The van der Waals surface area contributed by atoms with Gasteiger partial charge in [0.15, 0.2) is 0 Å². The van der Waals surface area contributed by atoms with Crippen LogP contribution in [0.2, 0.25) is 0 Å². The number of carbonyl (C=O) groups excluding carboxylic acids is 1. The van der Waals surface area contributed by atoms with E-state index in [1.807, 2.05) is 38.1 Å². The maximum absolute atomic E-state index is 11.0. The fraction of sp³-hybridized carbons (Fsp3) is 0.417. The van der Waals surface area contributed by atoms with Gasteiger partial charge in [-0.2, -0.15) is 0 Å². The Morgan fingerprint density at radius 3 is 2.93 bits per heavy atom. The topological polar surface area (TPSA) is 38.3 Å². The van der Waals surface area contributed by atoms with Crippen LogP contribution in [0.3, 0.4) is 0 Å². The fourth-order valence-electron chi connectivity index (χ4n) is 1.30. The lowest BCUT2D eigenvalue weighted by Crippen LogP contribution is -2.11. The van der Waals surface area contributed by atoms with Crippen LogP contribution in [0.5, 0.6) is 0 Å². The molecular weight excluding hydrogens is 190 g/mol. The Hall–Kier alpha value is -1.51. The molecule has 1 aromatic carbocycles. The summed E-state index contributed by atoms with van der Waals surface area (Å²) in [7, 11) is 0. The standard InChI is InChI=1S/C12H17NO2/c1-3-15-12(14)7-8-13-11-6-4-5-10(2)9-11/h4-6,9,13H,3,7-8H2,1-2H3. The Morgan fingerprint density at radius 2 is 2.27 bits per heavy atom. The normalized spacial score (nSPS) is 9.73. The molecule has 0 radical (unpaired) electrons. The highest BCUT2D eigenvalue weighted by atomic mass is 16.5. The summed E-state index contributed by atoms with van der Waals surface area (Å²) in [6, 6.07) is 8.06. The molecular formula is C12H17NO2. The van der Waals surface area contributed by atoms with Crippen molar-refractivity contribution in [3.8, 4) is 0 Å². The number of benzene rings is 1. The lowest BCUT2D eigenvalue weighted by molar-refractivity contribution is -0.142. The van der Waals surface area contributed by atoms with E-state index in [0.29, 0.717) is 19.6 Å². The largest absolute Gasteiger partial charge is 0.466 e. The van der Waals surface area contributed by atoms with Gasteiger partial charge in [-0.1, -0.05) is 12.1 Å². The zero-order valence-corrected chi connectivity index (χ0v) is 9.25. The molecule has 0 aliphatic heterocycles. The summed E-state index contributed by atoms with van der Waals surface area (Å²) in [5.41, 5.74) is 2.25. The molecule has 0 atom stereocenters. The van der Waals surface area contributed by atoms with Crippen molar-refractivity contribution in [3.05, 3.63) is 29.8 Å². The predicted octanol–water partition coefficient (Wildman–Crippen LogP) is 2.36. The van der Waals surface area contributed by atoms with E-state index in [1.54, 1.807) is 0 Å². The zero-order chi connectivity index (χ0) is 11.1. The average molecular weight is 207 g/mol. The van der Waals surface area contributed by atoms with Crippen LogP contribution in [-0.2, 0) is 9.53 Å². The van der Waals surface area contributed by atoms with Gasteiger partial charge in [0.05, 0.1) is 13.0 Å². The van der Waals surface area contributed by atoms with Crippen molar-refractivity contribution < 1.29 is 9.53 Å². The second-order valence-corrected chi connectivity index (χ2v) is 3.35. The third kappa shape index (κ3) is 4.49. The van der Waals surface area contributed by atoms with Crippen LogP contribution < -0.4 is 5.32 Å². The van der Waals surface area contributed by atoms with Gasteiger partial charge in [0.25, 0.3) is 0 Å². The average Bonchev–Trinajstić information content (AvgIpc) is 2.18. The summed E-state index contributed by atoms with van der Waals surface area (Å²) in [4.78, 5) is 11.0. The van der Waals surface area contributed by atoms with E-state index in [4.69, 9.17) is 4.74 Å². The van der Waals surface area contributed by atoms with E-state index in [0.717, 1.165) is 5.69 Å². The molecule has 0 saturated carbocycles. The van der Waals surface area contributed by atoms with Crippen molar-refractivity contribution in [1.29, 1.82) is 0 Å². The third-order valence-corrected chi connectivity index (χ3v) is 1.98. The van der Waals surface area contributed by atoms with Gasteiger partial charge in [0.2, 0.25) is 0 Å². The minimum absolute atomic E-state index is 0.155. The minimum atomic E-state index is -0.155. The van der Waals surface area contributed by atoms with Gasteiger partial charge in [-0.15, -0.1) is 0 Å². The first-order chi connectivity index (χ1) is 7.22. The molecule has 1 rings (SSSR count). The fourth-order valence-corrected chi connectivity index (χ4v) is 1.30. The minimum Gasteiger partial charge on any atom is -0.466 e. The predicted molar refractivity (Wildman–Crippen MR) is 60.9 cm³/mol. The molecule has 15 heavy (non-hydrogen) atoms. The van der Waals surface area contributed by atoms with E-state index < -0.39 is 0 Å². The first-order valence-electron chi connectivity index (χ1n) is 5.18. The number of esters is 1. The van der Waals surface area contributed by atoms with Gasteiger partial charge in [-0.3, -0.25) is 4.79 Å². The van der Waals surface area contributed by atoms with E-state index in [1.165, 1.54) is 5.56 Å². The monoisotopic (exact) mass is 207 g/mol. The molecule has 0 bridgehead atoms. The molecule has 82 valence electrons. The molecule has 0 amide bonds. The molecule has 0 aliphatic rings. The summed E-state index contributed by atoms with van der Waals surface area (Å²) in [6.07, 6.45) is 0.405. The van der Waals surface area contributed by atoms with Crippen molar-refractivity contribution in [2.75, 3.05) is 18.5 Å². The molecule has 0 saturated heterocycles. The number of aryl methyl sites for hydroxylation is 1. The quantitative estimate of drug-likeness (QED) is 0.753. The number of hydrogen-bond donors (Lipinski definition) is 1. The van der Waals surface area contributed by atoms with Crippen LogP contribution >= 0.6 is 0 Å². The van der Waals surface area contributed by atoms with Crippen LogP contribution in [0.1, 0.15) is 18.9 Å². The number of carbonyl (C=O) groups is 1. The second kappa shape index (κ2) is 6.06.